The van der Waals surface area contributed by atoms with Crippen molar-refractivity contribution in [3.8, 4) is 0 Å². The first-order valence-corrected chi connectivity index (χ1v) is 4.86. The lowest BCUT2D eigenvalue weighted by Gasteiger charge is -1.99. The van der Waals surface area contributed by atoms with Gasteiger partial charge in [0.2, 0.25) is 0 Å². The Morgan fingerprint density at radius 2 is 1.93 bits per heavy atom. The number of nitrogen functional groups attached to an aromatic ring is 1. The molecule has 2 N–H and O–H groups in total. The van der Waals surface area contributed by atoms with Gasteiger partial charge in [-0.3, -0.25) is 0 Å². The van der Waals surface area contributed by atoms with Crippen molar-refractivity contribution >= 4 is 27.6 Å². The summed E-state index contributed by atoms with van der Waals surface area (Å²) in [5.41, 5.74) is 8.09. The average Bonchev–Trinajstić information content (AvgIpc) is 2.55. The number of hydrogen-bond acceptors (Lipinski definition) is 2. The van der Waals surface area contributed by atoms with Crippen LogP contribution in [0.25, 0.3) is 21.8 Å². The Balaban J connectivity index is 2.69. The van der Waals surface area contributed by atoms with E-state index in [9.17, 15) is 0 Å². The summed E-state index contributed by atoms with van der Waals surface area (Å²) in [5.74, 6) is 0.589. The molecule has 3 rings (SSSR count). The molecule has 0 fully saturated rings. The molecule has 1 aromatic carbocycles. The SMILES string of the molecule is Cn1c2ccccc2c2ccnc(N)c21. The van der Waals surface area contributed by atoms with Crippen LogP contribution in [0.4, 0.5) is 5.82 Å². The monoisotopic (exact) mass is 197 g/mol. The molecule has 0 saturated carbocycles. The molecular formula is C12H11N3. The van der Waals surface area contributed by atoms with Crippen LogP contribution >= 0.6 is 0 Å². The quantitative estimate of drug-likeness (QED) is 0.601. The van der Waals surface area contributed by atoms with Gasteiger partial charge in [-0.15, -0.1) is 0 Å². The van der Waals surface area contributed by atoms with Crippen molar-refractivity contribution in [3.63, 3.8) is 0 Å². The van der Waals surface area contributed by atoms with E-state index in [0.29, 0.717) is 5.82 Å². The maximum absolute atomic E-state index is 5.89. The molecule has 0 radical (unpaired) electrons. The number of para-hydroxylation sites is 1. The molecule has 0 atom stereocenters. The van der Waals surface area contributed by atoms with Crippen molar-refractivity contribution in [2.24, 2.45) is 7.05 Å². The minimum absolute atomic E-state index is 0.589. The zero-order chi connectivity index (χ0) is 10.4. The van der Waals surface area contributed by atoms with E-state index in [1.54, 1.807) is 6.20 Å². The van der Waals surface area contributed by atoms with Crippen LogP contribution in [0.5, 0.6) is 0 Å². The van der Waals surface area contributed by atoms with Crippen LogP contribution < -0.4 is 5.73 Å². The lowest BCUT2D eigenvalue weighted by atomic mass is 10.2. The smallest absolute Gasteiger partial charge is 0.147 e. The second kappa shape index (κ2) is 2.73. The molecule has 0 aliphatic carbocycles. The van der Waals surface area contributed by atoms with Crippen molar-refractivity contribution < 1.29 is 0 Å². The Morgan fingerprint density at radius 3 is 2.80 bits per heavy atom. The van der Waals surface area contributed by atoms with Gasteiger partial charge in [0.15, 0.2) is 0 Å². The van der Waals surface area contributed by atoms with Crippen LogP contribution in [0.3, 0.4) is 0 Å². The summed E-state index contributed by atoms with van der Waals surface area (Å²) in [7, 11) is 2.02. The number of rotatable bonds is 0. The molecule has 0 aliphatic rings. The fourth-order valence-corrected chi connectivity index (χ4v) is 2.15. The lowest BCUT2D eigenvalue weighted by Crippen LogP contribution is -1.95. The van der Waals surface area contributed by atoms with Crippen molar-refractivity contribution in [1.29, 1.82) is 0 Å². The van der Waals surface area contributed by atoms with E-state index in [1.807, 2.05) is 25.2 Å². The predicted molar refractivity (Wildman–Crippen MR) is 62.6 cm³/mol. The number of benzene rings is 1. The Bertz CT molecular complexity index is 652. The first-order valence-electron chi connectivity index (χ1n) is 4.86. The van der Waals surface area contributed by atoms with E-state index in [1.165, 1.54) is 16.3 Å². The summed E-state index contributed by atoms with van der Waals surface area (Å²) in [4.78, 5) is 4.12. The number of anilines is 1. The molecule has 2 heterocycles. The lowest BCUT2D eigenvalue weighted by molar-refractivity contribution is 1.01. The zero-order valence-electron chi connectivity index (χ0n) is 8.44. The van der Waals surface area contributed by atoms with Crippen molar-refractivity contribution in [3.05, 3.63) is 36.5 Å². The molecule has 0 unspecified atom stereocenters. The number of nitrogens with zero attached hydrogens (tertiary/aromatic N) is 2. The third-order valence-electron chi connectivity index (χ3n) is 2.84. The second-order valence-corrected chi connectivity index (χ2v) is 3.67. The van der Waals surface area contributed by atoms with Crippen LogP contribution in [0, 0.1) is 0 Å². The molecule has 0 bridgehead atoms. The van der Waals surface area contributed by atoms with Crippen LogP contribution in [0.15, 0.2) is 36.5 Å². The van der Waals surface area contributed by atoms with Gasteiger partial charge in [0.05, 0.1) is 5.52 Å². The summed E-state index contributed by atoms with van der Waals surface area (Å²) in [5, 5.41) is 2.39. The molecule has 0 amide bonds. The molecule has 74 valence electrons. The van der Waals surface area contributed by atoms with E-state index in [-0.39, 0.29) is 0 Å². The highest BCUT2D eigenvalue weighted by molar-refractivity contribution is 6.10. The number of aryl methyl sites for hydroxylation is 1. The van der Waals surface area contributed by atoms with Gasteiger partial charge >= 0.3 is 0 Å². The number of pyridine rings is 1. The topological polar surface area (TPSA) is 43.8 Å². The third kappa shape index (κ3) is 0.973. The van der Waals surface area contributed by atoms with Gasteiger partial charge in [-0.25, -0.2) is 4.98 Å². The normalized spacial score (nSPS) is 11.3. The van der Waals surface area contributed by atoms with Crippen molar-refractivity contribution in [1.82, 2.24) is 9.55 Å². The number of fused-ring (bicyclic) bond motifs is 3. The summed E-state index contributed by atoms with van der Waals surface area (Å²) in [6, 6.07) is 10.3. The summed E-state index contributed by atoms with van der Waals surface area (Å²) >= 11 is 0. The van der Waals surface area contributed by atoms with E-state index in [0.717, 1.165) is 5.52 Å². The van der Waals surface area contributed by atoms with Crippen LogP contribution in [0.2, 0.25) is 0 Å². The third-order valence-corrected chi connectivity index (χ3v) is 2.84. The van der Waals surface area contributed by atoms with Gasteiger partial charge in [-0.1, -0.05) is 18.2 Å². The highest BCUT2D eigenvalue weighted by Gasteiger charge is 2.09. The molecule has 0 saturated heterocycles. The van der Waals surface area contributed by atoms with E-state index in [4.69, 9.17) is 5.73 Å². The fourth-order valence-electron chi connectivity index (χ4n) is 2.15. The minimum atomic E-state index is 0.589. The van der Waals surface area contributed by atoms with Crippen molar-refractivity contribution in [2.45, 2.75) is 0 Å². The zero-order valence-corrected chi connectivity index (χ0v) is 8.44. The van der Waals surface area contributed by atoms with Gasteiger partial charge in [0.25, 0.3) is 0 Å². The Labute approximate surface area is 87.1 Å². The van der Waals surface area contributed by atoms with Gasteiger partial charge in [0.1, 0.15) is 5.82 Å². The predicted octanol–water partition coefficient (Wildman–Crippen LogP) is 2.31. The molecule has 3 aromatic rings. The maximum Gasteiger partial charge on any atom is 0.147 e. The van der Waals surface area contributed by atoms with Gasteiger partial charge in [-0.2, -0.15) is 0 Å². The molecule has 2 aromatic heterocycles. The van der Waals surface area contributed by atoms with Gasteiger partial charge in [-0.05, 0) is 12.1 Å². The maximum atomic E-state index is 5.89. The highest BCUT2D eigenvalue weighted by Crippen LogP contribution is 2.29. The molecule has 0 aliphatic heterocycles. The largest absolute Gasteiger partial charge is 0.382 e. The second-order valence-electron chi connectivity index (χ2n) is 3.67. The highest BCUT2D eigenvalue weighted by atomic mass is 15.0. The molecule has 3 nitrogen and oxygen atoms in total. The van der Waals surface area contributed by atoms with E-state index < -0.39 is 0 Å². The van der Waals surface area contributed by atoms with Gasteiger partial charge in [0, 0.05) is 29.5 Å². The first kappa shape index (κ1) is 8.29. The fraction of sp³-hybridized carbons (Fsp3) is 0.0833. The summed E-state index contributed by atoms with van der Waals surface area (Å²) < 4.78 is 2.09. The first-order chi connectivity index (χ1) is 7.29. The van der Waals surface area contributed by atoms with Gasteiger partial charge < -0.3 is 10.3 Å². The van der Waals surface area contributed by atoms with Crippen molar-refractivity contribution in [2.75, 3.05) is 5.73 Å². The number of aromatic nitrogens is 2. The molecule has 0 spiro atoms. The molecular weight excluding hydrogens is 186 g/mol. The average molecular weight is 197 g/mol. The van der Waals surface area contributed by atoms with E-state index >= 15 is 0 Å². The van der Waals surface area contributed by atoms with Crippen LogP contribution in [-0.2, 0) is 7.05 Å². The molecule has 15 heavy (non-hydrogen) atoms. The minimum Gasteiger partial charge on any atom is -0.382 e. The number of hydrogen-bond donors (Lipinski definition) is 1. The van der Waals surface area contributed by atoms with E-state index in [2.05, 4.69) is 21.7 Å². The summed E-state index contributed by atoms with van der Waals surface area (Å²) in [6.07, 6.45) is 1.75. The Hall–Kier alpha value is -2.03. The van der Waals surface area contributed by atoms with Crippen LogP contribution in [-0.4, -0.2) is 9.55 Å². The number of nitrogens with two attached hydrogens (primary N) is 1. The van der Waals surface area contributed by atoms with Crippen LogP contribution in [0.1, 0.15) is 0 Å². The standard InChI is InChI=1S/C12H11N3/c1-15-10-5-3-2-4-8(10)9-6-7-14-12(13)11(9)15/h2-7H,1H3,(H2,13,14). The Kier molecular flexibility index (Phi) is 1.51. The molecule has 3 heteroatoms. The summed E-state index contributed by atoms with van der Waals surface area (Å²) in [6.45, 7) is 0. The Morgan fingerprint density at radius 1 is 1.13 bits per heavy atom.